The van der Waals surface area contributed by atoms with E-state index in [2.05, 4.69) is 0 Å². The highest BCUT2D eigenvalue weighted by Gasteiger charge is 2.30. The maximum atomic E-state index is 11.3. The maximum Gasteiger partial charge on any atom is 0.165 e. The highest BCUT2D eigenvalue weighted by Crippen LogP contribution is 2.27. The van der Waals surface area contributed by atoms with Crippen LogP contribution >= 0.6 is 0 Å². The van der Waals surface area contributed by atoms with Crippen LogP contribution in [0.25, 0.3) is 0 Å². The van der Waals surface area contributed by atoms with Crippen molar-refractivity contribution in [3.8, 4) is 0 Å². The fourth-order valence-corrected chi connectivity index (χ4v) is 1.24. The molecular weight excluding hydrogens is 140 g/mol. The van der Waals surface area contributed by atoms with Crippen LogP contribution in [0.5, 0.6) is 0 Å². The lowest BCUT2D eigenvalue weighted by Gasteiger charge is -2.31. The standard InChI is InChI=1S/C9H14O2/c1-6-7(2)11-9(3,4)5-8(6)10/h5H2,1-4H3. The quantitative estimate of drug-likeness (QED) is 0.533. The van der Waals surface area contributed by atoms with E-state index in [1.807, 2.05) is 27.7 Å². The zero-order chi connectivity index (χ0) is 8.65. The van der Waals surface area contributed by atoms with E-state index in [1.54, 1.807) is 0 Å². The van der Waals surface area contributed by atoms with Gasteiger partial charge >= 0.3 is 0 Å². The number of rotatable bonds is 0. The van der Waals surface area contributed by atoms with Crippen LogP contribution in [0, 0.1) is 0 Å². The van der Waals surface area contributed by atoms with Crippen LogP contribution in [0.1, 0.15) is 34.1 Å². The third-order valence-corrected chi connectivity index (χ3v) is 1.96. The summed E-state index contributed by atoms with van der Waals surface area (Å²) < 4.78 is 5.52. The van der Waals surface area contributed by atoms with Gasteiger partial charge in [0.25, 0.3) is 0 Å². The number of hydrogen-bond donors (Lipinski definition) is 0. The number of hydrogen-bond acceptors (Lipinski definition) is 2. The monoisotopic (exact) mass is 154 g/mol. The number of carbonyl (C=O) groups is 1. The SMILES string of the molecule is CC1=C(C)C(=O)CC(C)(C)O1. The average Bonchev–Trinajstić information content (AvgIpc) is 1.81. The summed E-state index contributed by atoms with van der Waals surface area (Å²) in [5, 5.41) is 0. The number of allylic oxidation sites excluding steroid dienone is 2. The van der Waals surface area contributed by atoms with Gasteiger partial charge in [-0.25, -0.2) is 0 Å². The predicted molar refractivity (Wildman–Crippen MR) is 43.2 cm³/mol. The van der Waals surface area contributed by atoms with Gasteiger partial charge in [-0.3, -0.25) is 4.79 Å². The molecule has 0 saturated carbocycles. The molecule has 0 aromatic heterocycles. The van der Waals surface area contributed by atoms with Gasteiger partial charge in [-0.15, -0.1) is 0 Å². The third kappa shape index (κ3) is 1.62. The Balaban J connectivity index is 2.94. The zero-order valence-corrected chi connectivity index (χ0v) is 7.52. The molecule has 2 heteroatoms. The second kappa shape index (κ2) is 2.36. The average molecular weight is 154 g/mol. The second-order valence-corrected chi connectivity index (χ2v) is 3.64. The Bertz CT molecular complexity index is 224. The highest BCUT2D eigenvalue weighted by molar-refractivity contribution is 5.96. The van der Waals surface area contributed by atoms with Crippen molar-refractivity contribution >= 4 is 5.78 Å². The van der Waals surface area contributed by atoms with Crippen LogP contribution in [-0.4, -0.2) is 11.4 Å². The molecule has 1 aliphatic heterocycles. The van der Waals surface area contributed by atoms with E-state index in [0.717, 1.165) is 11.3 Å². The normalized spacial score (nSPS) is 23.5. The van der Waals surface area contributed by atoms with Crippen molar-refractivity contribution in [2.24, 2.45) is 0 Å². The first-order chi connectivity index (χ1) is 4.92. The van der Waals surface area contributed by atoms with Gasteiger partial charge in [-0.2, -0.15) is 0 Å². The molecule has 0 unspecified atom stereocenters. The summed E-state index contributed by atoms with van der Waals surface area (Å²) in [6.45, 7) is 7.52. The van der Waals surface area contributed by atoms with E-state index < -0.39 is 0 Å². The maximum absolute atomic E-state index is 11.3. The molecule has 0 fully saturated rings. The molecule has 11 heavy (non-hydrogen) atoms. The lowest BCUT2D eigenvalue weighted by molar-refractivity contribution is -0.123. The summed E-state index contributed by atoms with van der Waals surface area (Å²) in [6, 6.07) is 0. The van der Waals surface area contributed by atoms with Gasteiger partial charge < -0.3 is 4.74 Å². The Morgan fingerprint density at radius 1 is 1.36 bits per heavy atom. The lowest BCUT2D eigenvalue weighted by Crippen LogP contribution is -2.32. The number of Topliss-reactive ketones (excluding diaryl/α,β-unsaturated/α-hetero) is 1. The Morgan fingerprint density at radius 2 is 1.91 bits per heavy atom. The van der Waals surface area contributed by atoms with E-state index in [0.29, 0.717) is 6.42 Å². The van der Waals surface area contributed by atoms with Crippen LogP contribution in [0.2, 0.25) is 0 Å². The molecule has 0 N–H and O–H groups in total. The van der Waals surface area contributed by atoms with Crippen LogP contribution in [0.3, 0.4) is 0 Å². The Morgan fingerprint density at radius 3 is 2.36 bits per heavy atom. The predicted octanol–water partition coefficient (Wildman–Crippen LogP) is 2.05. The topological polar surface area (TPSA) is 26.3 Å². The van der Waals surface area contributed by atoms with Gasteiger partial charge in [0.1, 0.15) is 11.4 Å². The highest BCUT2D eigenvalue weighted by atomic mass is 16.5. The van der Waals surface area contributed by atoms with E-state index in [4.69, 9.17) is 4.74 Å². The second-order valence-electron chi connectivity index (χ2n) is 3.64. The molecule has 62 valence electrons. The van der Waals surface area contributed by atoms with Gasteiger partial charge in [-0.1, -0.05) is 0 Å². The first-order valence-electron chi connectivity index (χ1n) is 3.82. The van der Waals surface area contributed by atoms with Crippen molar-refractivity contribution in [3.05, 3.63) is 11.3 Å². The van der Waals surface area contributed by atoms with E-state index in [1.165, 1.54) is 0 Å². The first kappa shape index (κ1) is 8.31. The van der Waals surface area contributed by atoms with E-state index in [-0.39, 0.29) is 11.4 Å². The molecule has 0 aromatic carbocycles. The van der Waals surface area contributed by atoms with Crippen molar-refractivity contribution in [1.29, 1.82) is 0 Å². The molecule has 0 aromatic rings. The summed E-state index contributed by atoms with van der Waals surface area (Å²) in [5.74, 6) is 0.977. The van der Waals surface area contributed by atoms with Crippen molar-refractivity contribution < 1.29 is 9.53 Å². The van der Waals surface area contributed by atoms with Crippen LogP contribution < -0.4 is 0 Å². The summed E-state index contributed by atoms with van der Waals surface area (Å²) in [7, 11) is 0. The third-order valence-electron chi connectivity index (χ3n) is 1.96. The molecule has 1 heterocycles. The molecule has 0 radical (unpaired) electrons. The Labute approximate surface area is 67.2 Å². The van der Waals surface area contributed by atoms with Crippen molar-refractivity contribution in [2.45, 2.75) is 39.7 Å². The molecule has 0 atom stereocenters. The van der Waals surface area contributed by atoms with Crippen LogP contribution in [0.15, 0.2) is 11.3 Å². The number of carbonyl (C=O) groups excluding carboxylic acids is 1. The number of ether oxygens (including phenoxy) is 1. The fraction of sp³-hybridized carbons (Fsp3) is 0.667. The molecule has 1 rings (SSSR count). The minimum atomic E-state index is -0.305. The molecule has 0 amide bonds. The molecule has 0 saturated heterocycles. The van der Waals surface area contributed by atoms with Crippen molar-refractivity contribution in [2.75, 3.05) is 0 Å². The molecular formula is C9H14O2. The minimum Gasteiger partial charge on any atom is -0.492 e. The molecule has 0 aliphatic carbocycles. The Kier molecular flexibility index (Phi) is 1.78. The van der Waals surface area contributed by atoms with Gasteiger partial charge in [0.2, 0.25) is 0 Å². The summed E-state index contributed by atoms with van der Waals surface area (Å²) >= 11 is 0. The van der Waals surface area contributed by atoms with Gasteiger partial charge in [-0.05, 0) is 27.7 Å². The molecule has 0 spiro atoms. The van der Waals surface area contributed by atoms with Crippen molar-refractivity contribution in [3.63, 3.8) is 0 Å². The number of ketones is 1. The molecule has 2 nitrogen and oxygen atoms in total. The van der Waals surface area contributed by atoms with E-state index in [9.17, 15) is 4.79 Å². The van der Waals surface area contributed by atoms with Gasteiger partial charge in [0, 0.05) is 5.57 Å². The largest absolute Gasteiger partial charge is 0.492 e. The summed E-state index contributed by atoms with van der Waals surface area (Å²) in [4.78, 5) is 11.3. The zero-order valence-electron chi connectivity index (χ0n) is 7.52. The molecule has 0 bridgehead atoms. The smallest absolute Gasteiger partial charge is 0.165 e. The summed E-state index contributed by atoms with van der Waals surface area (Å²) in [5.41, 5.74) is 0.463. The van der Waals surface area contributed by atoms with Gasteiger partial charge in [0.15, 0.2) is 5.78 Å². The minimum absolute atomic E-state index is 0.207. The van der Waals surface area contributed by atoms with E-state index >= 15 is 0 Å². The Hall–Kier alpha value is -0.790. The van der Waals surface area contributed by atoms with Crippen LogP contribution in [-0.2, 0) is 9.53 Å². The van der Waals surface area contributed by atoms with Crippen molar-refractivity contribution in [1.82, 2.24) is 0 Å². The van der Waals surface area contributed by atoms with Crippen LogP contribution in [0.4, 0.5) is 0 Å². The lowest BCUT2D eigenvalue weighted by atomic mass is 9.94. The summed E-state index contributed by atoms with van der Waals surface area (Å²) in [6.07, 6.45) is 0.496. The molecule has 1 aliphatic rings. The van der Waals surface area contributed by atoms with Gasteiger partial charge in [0.05, 0.1) is 6.42 Å². The fourth-order valence-electron chi connectivity index (χ4n) is 1.24. The first-order valence-corrected chi connectivity index (χ1v) is 3.82.